The molecule has 0 aliphatic rings. The normalized spacial score (nSPS) is 12.1. The van der Waals surface area contributed by atoms with Crippen LogP contribution in [0.5, 0.6) is 0 Å². The van der Waals surface area contributed by atoms with E-state index in [0.29, 0.717) is 5.69 Å². The molecule has 128 valence electrons. The topological polar surface area (TPSA) is 86.9 Å². The molecular weight excluding hydrogens is 312 g/mol. The first kappa shape index (κ1) is 16.8. The van der Waals surface area contributed by atoms with Crippen LogP contribution in [0.3, 0.4) is 0 Å². The van der Waals surface area contributed by atoms with Crippen LogP contribution in [-0.4, -0.2) is 9.55 Å². The van der Waals surface area contributed by atoms with Gasteiger partial charge in [0.15, 0.2) is 0 Å². The van der Waals surface area contributed by atoms with E-state index in [9.17, 15) is 4.79 Å². The Balaban J connectivity index is 1.88. The van der Waals surface area contributed by atoms with E-state index in [2.05, 4.69) is 17.1 Å². The second-order valence-electron chi connectivity index (χ2n) is 6.33. The molecule has 1 atom stereocenters. The van der Waals surface area contributed by atoms with E-state index < -0.39 is 0 Å². The van der Waals surface area contributed by atoms with Gasteiger partial charge in [-0.15, -0.1) is 0 Å². The molecule has 0 bridgehead atoms. The maximum atomic E-state index is 11.9. The summed E-state index contributed by atoms with van der Waals surface area (Å²) in [5.74, 6) is 0.319. The highest BCUT2D eigenvalue weighted by Crippen LogP contribution is 2.27. The smallest absolute Gasteiger partial charge is 0.254 e. The summed E-state index contributed by atoms with van der Waals surface area (Å²) in [6.45, 7) is 2.05. The Morgan fingerprint density at radius 1 is 1.08 bits per heavy atom. The molecular formula is C20H22N4O. The molecule has 3 aromatic rings. The fraction of sp³-hybridized carbons (Fsp3) is 0.200. The zero-order chi connectivity index (χ0) is 18.0. The molecule has 25 heavy (non-hydrogen) atoms. The van der Waals surface area contributed by atoms with Gasteiger partial charge in [-0.3, -0.25) is 9.36 Å². The molecule has 0 saturated carbocycles. The largest absolute Gasteiger partial charge is 0.398 e. The SMILES string of the molecule is C[C@@H](Cc1cccc(-c2ccccc2N)c1)c1cc(=O)n(C)c(N)n1. The highest BCUT2D eigenvalue weighted by atomic mass is 16.1. The van der Waals surface area contributed by atoms with Crippen LogP contribution in [0.1, 0.15) is 24.1 Å². The van der Waals surface area contributed by atoms with Crippen molar-refractivity contribution in [2.75, 3.05) is 11.5 Å². The number of rotatable bonds is 4. The first-order valence-corrected chi connectivity index (χ1v) is 8.23. The van der Waals surface area contributed by atoms with Gasteiger partial charge in [0, 0.05) is 30.3 Å². The Morgan fingerprint density at radius 2 is 1.84 bits per heavy atom. The summed E-state index contributed by atoms with van der Waals surface area (Å²) in [5.41, 5.74) is 16.5. The van der Waals surface area contributed by atoms with Gasteiger partial charge in [0.25, 0.3) is 5.56 Å². The van der Waals surface area contributed by atoms with Crippen molar-refractivity contribution in [3.8, 4) is 11.1 Å². The Labute approximate surface area is 146 Å². The van der Waals surface area contributed by atoms with Crippen molar-refractivity contribution in [3.05, 3.63) is 76.2 Å². The van der Waals surface area contributed by atoms with Crippen molar-refractivity contribution in [1.82, 2.24) is 9.55 Å². The number of nitrogens with zero attached hydrogens (tertiary/aromatic N) is 2. The molecule has 0 saturated heterocycles. The Bertz CT molecular complexity index is 962. The van der Waals surface area contributed by atoms with Gasteiger partial charge in [0.2, 0.25) is 5.95 Å². The third-order valence-electron chi connectivity index (χ3n) is 4.43. The summed E-state index contributed by atoms with van der Waals surface area (Å²) in [5, 5.41) is 0. The van der Waals surface area contributed by atoms with Gasteiger partial charge >= 0.3 is 0 Å². The number of anilines is 2. The van der Waals surface area contributed by atoms with Crippen molar-refractivity contribution in [3.63, 3.8) is 0 Å². The monoisotopic (exact) mass is 334 g/mol. The van der Waals surface area contributed by atoms with Crippen molar-refractivity contribution in [2.24, 2.45) is 7.05 Å². The van der Waals surface area contributed by atoms with Crippen molar-refractivity contribution in [2.45, 2.75) is 19.3 Å². The Morgan fingerprint density at radius 3 is 2.56 bits per heavy atom. The minimum absolute atomic E-state index is 0.0829. The number of benzene rings is 2. The zero-order valence-corrected chi connectivity index (χ0v) is 14.4. The van der Waals surface area contributed by atoms with Crippen LogP contribution < -0.4 is 17.0 Å². The predicted molar refractivity (Wildman–Crippen MR) is 102 cm³/mol. The van der Waals surface area contributed by atoms with Crippen LogP contribution in [0, 0.1) is 0 Å². The van der Waals surface area contributed by atoms with Gasteiger partial charge in [-0.05, 0) is 23.6 Å². The molecule has 0 fully saturated rings. The maximum absolute atomic E-state index is 11.9. The molecule has 0 aliphatic carbocycles. The van der Waals surface area contributed by atoms with E-state index >= 15 is 0 Å². The van der Waals surface area contributed by atoms with E-state index in [4.69, 9.17) is 11.5 Å². The standard InChI is InChI=1S/C20H22N4O/c1-13(18-12-19(25)24(2)20(22)23-18)10-14-6-5-7-15(11-14)16-8-3-4-9-17(16)21/h3-9,11-13H,10,21H2,1-2H3,(H2,22,23)/t13-/m0/s1. The lowest BCUT2D eigenvalue weighted by atomic mass is 9.94. The second kappa shape index (κ2) is 6.81. The molecule has 1 heterocycles. The molecule has 4 N–H and O–H groups in total. The fourth-order valence-electron chi connectivity index (χ4n) is 2.91. The average Bonchev–Trinajstić information content (AvgIpc) is 2.60. The number of aromatic nitrogens is 2. The third kappa shape index (κ3) is 3.55. The van der Waals surface area contributed by atoms with E-state index in [0.717, 1.165) is 28.8 Å². The van der Waals surface area contributed by atoms with Gasteiger partial charge in [0.05, 0.1) is 5.69 Å². The molecule has 0 aliphatic heterocycles. The number of para-hydroxylation sites is 1. The zero-order valence-electron chi connectivity index (χ0n) is 14.4. The second-order valence-corrected chi connectivity index (χ2v) is 6.33. The Hall–Kier alpha value is -3.08. The predicted octanol–water partition coefficient (Wildman–Crippen LogP) is 2.96. The molecule has 5 nitrogen and oxygen atoms in total. The van der Waals surface area contributed by atoms with Gasteiger partial charge in [-0.25, -0.2) is 4.98 Å². The van der Waals surface area contributed by atoms with Crippen LogP contribution in [0.2, 0.25) is 0 Å². The van der Waals surface area contributed by atoms with Gasteiger partial charge in [-0.2, -0.15) is 0 Å². The molecule has 0 unspecified atom stereocenters. The summed E-state index contributed by atoms with van der Waals surface area (Å²) in [6.07, 6.45) is 0.764. The van der Waals surface area contributed by atoms with E-state index in [1.165, 1.54) is 4.57 Å². The first-order valence-electron chi connectivity index (χ1n) is 8.23. The molecule has 0 amide bonds. The summed E-state index contributed by atoms with van der Waals surface area (Å²) >= 11 is 0. The third-order valence-corrected chi connectivity index (χ3v) is 4.43. The van der Waals surface area contributed by atoms with Crippen LogP contribution in [0.15, 0.2) is 59.4 Å². The summed E-state index contributed by atoms with van der Waals surface area (Å²) in [4.78, 5) is 16.3. The fourth-order valence-corrected chi connectivity index (χ4v) is 2.91. The minimum atomic E-state index is -0.139. The molecule has 5 heteroatoms. The van der Waals surface area contributed by atoms with Crippen LogP contribution in [-0.2, 0) is 13.5 Å². The van der Waals surface area contributed by atoms with Crippen molar-refractivity contribution < 1.29 is 0 Å². The van der Waals surface area contributed by atoms with Gasteiger partial charge in [-0.1, -0.05) is 49.4 Å². The van der Waals surface area contributed by atoms with Crippen LogP contribution >= 0.6 is 0 Å². The number of nitrogen functional groups attached to an aromatic ring is 2. The lowest BCUT2D eigenvalue weighted by Gasteiger charge is -2.14. The van der Waals surface area contributed by atoms with Crippen molar-refractivity contribution >= 4 is 11.6 Å². The molecule has 0 radical (unpaired) electrons. The van der Waals surface area contributed by atoms with E-state index in [-0.39, 0.29) is 17.4 Å². The maximum Gasteiger partial charge on any atom is 0.254 e. The molecule has 3 rings (SSSR count). The van der Waals surface area contributed by atoms with Gasteiger partial charge < -0.3 is 11.5 Å². The highest BCUT2D eigenvalue weighted by molar-refractivity contribution is 5.76. The summed E-state index contributed by atoms with van der Waals surface area (Å²) in [6, 6.07) is 17.7. The quantitative estimate of drug-likeness (QED) is 0.718. The Kier molecular flexibility index (Phi) is 4.57. The molecule has 0 spiro atoms. The van der Waals surface area contributed by atoms with E-state index in [1.807, 2.05) is 43.3 Å². The summed E-state index contributed by atoms with van der Waals surface area (Å²) < 4.78 is 1.34. The lowest BCUT2D eigenvalue weighted by Crippen LogP contribution is -2.22. The first-order chi connectivity index (χ1) is 12.0. The van der Waals surface area contributed by atoms with E-state index in [1.54, 1.807) is 13.1 Å². The lowest BCUT2D eigenvalue weighted by molar-refractivity contribution is 0.710. The number of hydrogen-bond donors (Lipinski definition) is 2. The summed E-state index contributed by atoms with van der Waals surface area (Å²) in [7, 11) is 1.62. The van der Waals surface area contributed by atoms with Crippen molar-refractivity contribution in [1.29, 1.82) is 0 Å². The average molecular weight is 334 g/mol. The van der Waals surface area contributed by atoms with Crippen LogP contribution in [0.25, 0.3) is 11.1 Å². The molecule has 1 aromatic heterocycles. The van der Waals surface area contributed by atoms with Crippen LogP contribution in [0.4, 0.5) is 11.6 Å². The minimum Gasteiger partial charge on any atom is -0.398 e. The number of nitrogens with two attached hydrogens (primary N) is 2. The number of hydrogen-bond acceptors (Lipinski definition) is 4. The van der Waals surface area contributed by atoms with Gasteiger partial charge in [0.1, 0.15) is 0 Å². The molecule has 2 aromatic carbocycles. The highest BCUT2D eigenvalue weighted by Gasteiger charge is 2.12.